The quantitative estimate of drug-likeness (QED) is 0.238. The van der Waals surface area contributed by atoms with Gasteiger partial charge in [-0.15, -0.1) is 0 Å². The molecule has 3 rings (SSSR count). The second kappa shape index (κ2) is 8.30. The van der Waals surface area contributed by atoms with Crippen molar-refractivity contribution in [2.75, 3.05) is 11.9 Å². The SMILES string of the molecule is C=C(Cc1cc(O)c2c(c1)OC(C)(C)[C@@H]1CC=C(C)C[C@@H]21)OCCCCBr. The van der Waals surface area contributed by atoms with E-state index in [1.165, 1.54) is 5.57 Å². The summed E-state index contributed by atoms with van der Waals surface area (Å²) in [6, 6.07) is 3.92. The Bertz CT molecular complexity index is 735. The van der Waals surface area contributed by atoms with Crippen LogP contribution in [0, 0.1) is 5.92 Å². The number of fused-ring (bicyclic) bond motifs is 3. The van der Waals surface area contributed by atoms with E-state index in [4.69, 9.17) is 9.47 Å². The zero-order valence-corrected chi connectivity index (χ0v) is 18.3. The molecule has 0 amide bonds. The van der Waals surface area contributed by atoms with Crippen LogP contribution in [0.4, 0.5) is 0 Å². The third-order valence-corrected chi connectivity index (χ3v) is 6.36. The molecule has 0 saturated heterocycles. The molecule has 148 valence electrons. The number of hydrogen-bond donors (Lipinski definition) is 1. The number of allylic oxidation sites excluding steroid dienone is 3. The minimum atomic E-state index is -0.247. The summed E-state index contributed by atoms with van der Waals surface area (Å²) < 4.78 is 12.1. The Morgan fingerprint density at radius 3 is 2.89 bits per heavy atom. The normalized spacial score (nSPS) is 22.9. The van der Waals surface area contributed by atoms with Gasteiger partial charge in [-0.1, -0.05) is 34.2 Å². The average molecular weight is 435 g/mol. The van der Waals surface area contributed by atoms with Crippen molar-refractivity contribution in [1.82, 2.24) is 0 Å². The zero-order valence-electron chi connectivity index (χ0n) is 16.7. The molecule has 0 bridgehead atoms. The number of hydrogen-bond acceptors (Lipinski definition) is 3. The van der Waals surface area contributed by atoms with Crippen LogP contribution in [0.1, 0.15) is 63.5 Å². The van der Waals surface area contributed by atoms with Gasteiger partial charge in [-0.3, -0.25) is 0 Å². The lowest BCUT2D eigenvalue weighted by Gasteiger charge is -2.47. The fraction of sp³-hybridized carbons (Fsp3) is 0.565. The van der Waals surface area contributed by atoms with E-state index in [9.17, 15) is 5.11 Å². The van der Waals surface area contributed by atoms with Gasteiger partial charge in [0.1, 0.15) is 17.1 Å². The van der Waals surface area contributed by atoms with Crippen LogP contribution < -0.4 is 4.74 Å². The van der Waals surface area contributed by atoms with Gasteiger partial charge in [0.2, 0.25) is 0 Å². The van der Waals surface area contributed by atoms with Crippen molar-refractivity contribution >= 4 is 15.9 Å². The second-order valence-corrected chi connectivity index (χ2v) is 9.19. The molecule has 0 unspecified atom stereocenters. The van der Waals surface area contributed by atoms with Crippen LogP contribution in [0.5, 0.6) is 11.5 Å². The predicted molar refractivity (Wildman–Crippen MR) is 114 cm³/mol. The first-order chi connectivity index (χ1) is 12.8. The van der Waals surface area contributed by atoms with Crippen molar-refractivity contribution in [1.29, 1.82) is 0 Å². The molecule has 4 heteroatoms. The number of ether oxygens (including phenoxy) is 2. The Balaban J connectivity index is 1.80. The third-order valence-electron chi connectivity index (χ3n) is 5.80. The van der Waals surface area contributed by atoms with Gasteiger partial charge in [-0.05, 0) is 64.2 Å². The van der Waals surface area contributed by atoms with E-state index < -0.39 is 0 Å². The van der Waals surface area contributed by atoms with Crippen molar-refractivity contribution in [2.45, 2.75) is 64.4 Å². The van der Waals surface area contributed by atoms with Gasteiger partial charge in [0.25, 0.3) is 0 Å². The highest BCUT2D eigenvalue weighted by Crippen LogP contribution is 2.54. The summed E-state index contributed by atoms with van der Waals surface area (Å²) in [7, 11) is 0. The van der Waals surface area contributed by atoms with E-state index in [1.54, 1.807) is 0 Å². The zero-order chi connectivity index (χ0) is 19.6. The van der Waals surface area contributed by atoms with E-state index in [1.807, 2.05) is 6.07 Å². The molecule has 2 atom stereocenters. The van der Waals surface area contributed by atoms with Gasteiger partial charge >= 0.3 is 0 Å². The standard InChI is InChI=1S/C23H31BrO3/c1-15-7-8-19-18(11-15)22-20(25)13-17(14-21(22)27-23(19,3)4)12-16(2)26-10-6-5-9-24/h7,13-14,18-19,25H,2,5-6,8-12H2,1,3-4H3/t18-,19-/m1/s1. The maximum atomic E-state index is 10.8. The Morgan fingerprint density at radius 1 is 1.37 bits per heavy atom. The predicted octanol–water partition coefficient (Wildman–Crippen LogP) is 6.25. The summed E-state index contributed by atoms with van der Waals surface area (Å²) in [5.41, 5.74) is 3.10. The number of unbranched alkanes of at least 4 members (excludes halogenated alkanes) is 1. The molecule has 0 aromatic heterocycles. The minimum absolute atomic E-state index is 0.247. The van der Waals surface area contributed by atoms with Crippen LogP contribution in [0.25, 0.3) is 0 Å². The lowest BCUT2D eigenvalue weighted by atomic mass is 9.67. The van der Waals surface area contributed by atoms with Crippen molar-refractivity contribution in [2.24, 2.45) is 5.92 Å². The lowest BCUT2D eigenvalue weighted by Crippen LogP contribution is -2.45. The molecule has 0 saturated carbocycles. The fourth-order valence-electron chi connectivity index (χ4n) is 4.41. The summed E-state index contributed by atoms with van der Waals surface area (Å²) in [4.78, 5) is 0. The highest BCUT2D eigenvalue weighted by atomic mass is 79.9. The molecular weight excluding hydrogens is 404 g/mol. The third kappa shape index (κ3) is 4.53. The largest absolute Gasteiger partial charge is 0.508 e. The number of rotatable bonds is 7. The first kappa shape index (κ1) is 20.3. The van der Waals surface area contributed by atoms with Crippen molar-refractivity contribution in [3.8, 4) is 11.5 Å². The van der Waals surface area contributed by atoms with Gasteiger partial charge in [0.15, 0.2) is 0 Å². The van der Waals surface area contributed by atoms with E-state index in [-0.39, 0.29) is 5.60 Å². The summed E-state index contributed by atoms with van der Waals surface area (Å²) in [6.07, 6.45) is 6.99. The molecule has 0 fully saturated rings. The van der Waals surface area contributed by atoms with E-state index in [0.29, 0.717) is 30.6 Å². The minimum Gasteiger partial charge on any atom is -0.508 e. The maximum absolute atomic E-state index is 10.8. The van der Waals surface area contributed by atoms with Gasteiger partial charge in [-0.2, -0.15) is 0 Å². The summed E-state index contributed by atoms with van der Waals surface area (Å²) in [6.45, 7) is 11.2. The van der Waals surface area contributed by atoms with Crippen LogP contribution in [0.2, 0.25) is 0 Å². The highest BCUT2D eigenvalue weighted by molar-refractivity contribution is 9.09. The summed E-state index contributed by atoms with van der Waals surface area (Å²) in [5.74, 6) is 2.59. The van der Waals surface area contributed by atoms with Gasteiger partial charge in [0.05, 0.1) is 12.4 Å². The van der Waals surface area contributed by atoms with Crippen LogP contribution in [0.15, 0.2) is 36.1 Å². The number of halogens is 1. The molecule has 1 aromatic rings. The van der Waals surface area contributed by atoms with Gasteiger partial charge < -0.3 is 14.6 Å². The fourth-order valence-corrected chi connectivity index (χ4v) is 4.81. The first-order valence-electron chi connectivity index (χ1n) is 9.88. The molecule has 0 spiro atoms. The molecule has 1 aromatic carbocycles. The molecule has 1 heterocycles. The van der Waals surface area contributed by atoms with Crippen LogP contribution in [-0.4, -0.2) is 22.6 Å². The topological polar surface area (TPSA) is 38.7 Å². The molecule has 27 heavy (non-hydrogen) atoms. The molecule has 2 aliphatic rings. The van der Waals surface area contributed by atoms with Gasteiger partial charge in [0, 0.05) is 29.2 Å². The second-order valence-electron chi connectivity index (χ2n) is 8.40. The Kier molecular flexibility index (Phi) is 6.25. The molecule has 0 radical (unpaired) electrons. The number of phenols is 1. The number of benzene rings is 1. The molecule has 1 aliphatic carbocycles. The molecule has 3 nitrogen and oxygen atoms in total. The molecule has 1 N–H and O–H groups in total. The van der Waals surface area contributed by atoms with Crippen molar-refractivity contribution in [3.63, 3.8) is 0 Å². The Labute approximate surface area is 171 Å². The van der Waals surface area contributed by atoms with E-state index in [2.05, 4.69) is 55.4 Å². The maximum Gasteiger partial charge on any atom is 0.127 e. The van der Waals surface area contributed by atoms with Crippen LogP contribution in [0.3, 0.4) is 0 Å². The molecular formula is C23H31BrO3. The average Bonchev–Trinajstić information content (AvgIpc) is 2.57. The smallest absolute Gasteiger partial charge is 0.127 e. The monoisotopic (exact) mass is 434 g/mol. The number of phenolic OH excluding ortho intramolecular Hbond substituents is 1. The van der Waals surface area contributed by atoms with Gasteiger partial charge in [-0.25, -0.2) is 0 Å². The van der Waals surface area contributed by atoms with Crippen LogP contribution >= 0.6 is 15.9 Å². The lowest BCUT2D eigenvalue weighted by molar-refractivity contribution is 0.00753. The van der Waals surface area contributed by atoms with Crippen molar-refractivity contribution < 1.29 is 14.6 Å². The summed E-state index contributed by atoms with van der Waals surface area (Å²) >= 11 is 3.43. The van der Waals surface area contributed by atoms with Crippen LogP contribution in [-0.2, 0) is 11.2 Å². The van der Waals surface area contributed by atoms with E-state index in [0.717, 1.165) is 53.6 Å². The first-order valence-corrected chi connectivity index (χ1v) is 11.0. The summed E-state index contributed by atoms with van der Waals surface area (Å²) in [5, 5.41) is 11.8. The Hall–Kier alpha value is -1.42. The molecule has 1 aliphatic heterocycles. The van der Waals surface area contributed by atoms with E-state index >= 15 is 0 Å². The number of aromatic hydroxyl groups is 1. The Morgan fingerprint density at radius 2 is 2.15 bits per heavy atom. The van der Waals surface area contributed by atoms with Crippen molar-refractivity contribution in [3.05, 3.63) is 47.2 Å². The number of alkyl halides is 1. The highest BCUT2D eigenvalue weighted by Gasteiger charge is 2.45.